The van der Waals surface area contributed by atoms with Gasteiger partial charge in [0.15, 0.2) is 6.10 Å². The van der Waals surface area contributed by atoms with Crippen LogP contribution >= 0.6 is 0 Å². The number of allylic oxidation sites excluding steroid dienone is 2. The van der Waals surface area contributed by atoms with Crippen molar-refractivity contribution >= 4 is 17.6 Å². The van der Waals surface area contributed by atoms with Crippen molar-refractivity contribution < 1.29 is 19.4 Å². The van der Waals surface area contributed by atoms with Crippen LogP contribution in [-0.2, 0) is 20.7 Å². The van der Waals surface area contributed by atoms with Crippen LogP contribution in [0.15, 0.2) is 36.4 Å². The minimum absolute atomic E-state index is 0.226. The fourth-order valence-corrected chi connectivity index (χ4v) is 3.62. The van der Waals surface area contributed by atoms with Gasteiger partial charge in [0.05, 0.1) is 0 Å². The van der Waals surface area contributed by atoms with Crippen LogP contribution in [0.1, 0.15) is 103 Å². The smallest absolute Gasteiger partial charge is 0.344 e. The zero-order chi connectivity index (χ0) is 24.2. The number of aryl methyl sites for hydroxylation is 1. The molecule has 0 aliphatic heterocycles. The quantitative estimate of drug-likeness (QED) is 0.121. The maximum atomic E-state index is 11.6. The molecule has 1 unspecified atom stereocenters. The maximum Gasteiger partial charge on any atom is 0.344 e. The molecule has 0 amide bonds. The molecule has 5 nitrogen and oxygen atoms in total. The van der Waals surface area contributed by atoms with Crippen molar-refractivity contribution in [3.63, 3.8) is 0 Å². The molecule has 0 saturated heterocycles. The number of rotatable bonds is 20. The Bertz CT molecular complexity index is 669. The third kappa shape index (κ3) is 16.0. The number of hydrogen-bond donors (Lipinski definition) is 2. The highest BCUT2D eigenvalue weighted by molar-refractivity contribution is 5.77. The molecule has 0 bridgehead atoms. The van der Waals surface area contributed by atoms with E-state index in [-0.39, 0.29) is 6.42 Å². The van der Waals surface area contributed by atoms with Gasteiger partial charge in [0.2, 0.25) is 0 Å². The van der Waals surface area contributed by atoms with Gasteiger partial charge >= 0.3 is 11.9 Å². The lowest BCUT2D eigenvalue weighted by atomic mass is 10.1. The van der Waals surface area contributed by atoms with E-state index in [0.29, 0.717) is 6.42 Å². The lowest BCUT2D eigenvalue weighted by Gasteiger charge is -2.09. The number of carbonyl (C=O) groups is 2. The van der Waals surface area contributed by atoms with E-state index in [1.807, 2.05) is 0 Å². The highest BCUT2D eigenvalue weighted by Gasteiger charge is 2.15. The SMILES string of the molecule is CCCCCCCCCCC=CCCCNc1ccc(CCCC(=O)OC(C)C(=O)O)cc1. The number of hydrogen-bond acceptors (Lipinski definition) is 4. The number of aliphatic carboxylic acids is 1. The minimum atomic E-state index is -1.12. The van der Waals surface area contributed by atoms with Crippen LogP contribution in [0.4, 0.5) is 5.69 Å². The van der Waals surface area contributed by atoms with Crippen molar-refractivity contribution in [1.82, 2.24) is 0 Å². The van der Waals surface area contributed by atoms with Crippen LogP contribution in [0, 0.1) is 0 Å². The van der Waals surface area contributed by atoms with Gasteiger partial charge in [0.25, 0.3) is 0 Å². The summed E-state index contributed by atoms with van der Waals surface area (Å²) < 4.78 is 4.83. The van der Waals surface area contributed by atoms with Gasteiger partial charge in [-0.05, 0) is 63.1 Å². The Kier molecular flexibility index (Phi) is 16.7. The molecule has 33 heavy (non-hydrogen) atoms. The molecule has 5 heteroatoms. The van der Waals surface area contributed by atoms with Gasteiger partial charge in [-0.2, -0.15) is 0 Å². The number of nitrogens with one attached hydrogen (secondary N) is 1. The number of anilines is 1. The summed E-state index contributed by atoms with van der Waals surface area (Å²) in [6.45, 7) is 4.58. The molecular weight excluding hydrogens is 414 g/mol. The first-order valence-corrected chi connectivity index (χ1v) is 12.9. The Morgan fingerprint density at radius 1 is 0.909 bits per heavy atom. The summed E-state index contributed by atoms with van der Waals surface area (Å²) in [6, 6.07) is 8.27. The van der Waals surface area contributed by atoms with Crippen LogP contribution in [0.5, 0.6) is 0 Å². The molecular formula is C28H45NO4. The molecule has 186 valence electrons. The monoisotopic (exact) mass is 459 g/mol. The van der Waals surface area contributed by atoms with Gasteiger partial charge < -0.3 is 15.2 Å². The average molecular weight is 460 g/mol. The number of carboxylic acids is 1. The van der Waals surface area contributed by atoms with Gasteiger partial charge in [-0.3, -0.25) is 4.79 Å². The number of carboxylic acid groups (broad SMARTS) is 1. The van der Waals surface area contributed by atoms with Crippen molar-refractivity contribution in [2.24, 2.45) is 0 Å². The predicted octanol–water partition coefficient (Wildman–Crippen LogP) is 7.30. The van der Waals surface area contributed by atoms with Gasteiger partial charge in [-0.25, -0.2) is 4.79 Å². The highest BCUT2D eigenvalue weighted by atomic mass is 16.6. The Balaban J connectivity index is 2.02. The standard InChI is InChI=1S/C28H45NO4/c1-3-4-5-6-7-8-9-10-11-12-13-14-15-23-29-26-21-19-25(20-22-26)17-16-18-27(30)33-24(2)28(31)32/h12-13,19-22,24,29H,3-11,14-18,23H2,1-2H3,(H,31,32). The minimum Gasteiger partial charge on any atom is -0.479 e. The van der Waals surface area contributed by atoms with E-state index in [0.717, 1.165) is 37.1 Å². The van der Waals surface area contributed by atoms with Crippen LogP contribution in [0.2, 0.25) is 0 Å². The van der Waals surface area contributed by atoms with Gasteiger partial charge in [-0.1, -0.05) is 76.2 Å². The lowest BCUT2D eigenvalue weighted by Crippen LogP contribution is -2.23. The molecule has 0 fully saturated rings. The summed E-state index contributed by atoms with van der Waals surface area (Å²) in [6.07, 6.45) is 19.6. The Morgan fingerprint density at radius 2 is 1.52 bits per heavy atom. The van der Waals surface area contributed by atoms with Crippen molar-refractivity contribution in [1.29, 1.82) is 0 Å². The maximum absolute atomic E-state index is 11.6. The normalized spacial score (nSPS) is 12.1. The van der Waals surface area contributed by atoms with E-state index >= 15 is 0 Å². The summed E-state index contributed by atoms with van der Waals surface area (Å²) >= 11 is 0. The van der Waals surface area contributed by atoms with Crippen LogP contribution in [-0.4, -0.2) is 29.7 Å². The van der Waals surface area contributed by atoms with Crippen molar-refractivity contribution in [3.05, 3.63) is 42.0 Å². The molecule has 0 aliphatic carbocycles. The number of unbranched alkanes of at least 4 members (excludes halogenated alkanes) is 9. The topological polar surface area (TPSA) is 75.6 Å². The molecule has 2 N–H and O–H groups in total. The summed E-state index contributed by atoms with van der Waals surface area (Å²) in [5, 5.41) is 12.2. The summed E-state index contributed by atoms with van der Waals surface area (Å²) in [4.78, 5) is 22.3. The number of carbonyl (C=O) groups excluding carboxylic acids is 1. The molecule has 1 aromatic rings. The van der Waals surface area contributed by atoms with Gasteiger partial charge in [-0.15, -0.1) is 0 Å². The Morgan fingerprint density at radius 3 is 2.15 bits per heavy atom. The average Bonchev–Trinajstić information content (AvgIpc) is 2.80. The van der Waals surface area contributed by atoms with Crippen molar-refractivity contribution in [2.45, 2.75) is 110 Å². The number of benzene rings is 1. The lowest BCUT2D eigenvalue weighted by molar-refractivity contribution is -0.162. The molecule has 0 spiro atoms. The third-order valence-corrected chi connectivity index (χ3v) is 5.72. The predicted molar refractivity (Wildman–Crippen MR) is 137 cm³/mol. The van der Waals surface area contributed by atoms with E-state index in [1.54, 1.807) is 0 Å². The molecule has 1 aromatic carbocycles. The first kappa shape index (κ1) is 28.7. The summed E-state index contributed by atoms with van der Waals surface area (Å²) in [5.74, 6) is -1.59. The van der Waals surface area contributed by atoms with E-state index in [1.165, 1.54) is 64.7 Å². The summed E-state index contributed by atoms with van der Waals surface area (Å²) in [7, 11) is 0. The third-order valence-electron chi connectivity index (χ3n) is 5.72. The highest BCUT2D eigenvalue weighted by Crippen LogP contribution is 2.13. The number of esters is 1. The van der Waals surface area contributed by atoms with E-state index < -0.39 is 18.0 Å². The van der Waals surface area contributed by atoms with Crippen molar-refractivity contribution in [3.8, 4) is 0 Å². The molecule has 0 saturated carbocycles. The van der Waals surface area contributed by atoms with E-state index in [2.05, 4.69) is 48.7 Å². The molecule has 0 aliphatic rings. The molecule has 0 aromatic heterocycles. The molecule has 0 heterocycles. The van der Waals surface area contributed by atoms with E-state index in [9.17, 15) is 9.59 Å². The molecule has 1 atom stereocenters. The van der Waals surface area contributed by atoms with Crippen molar-refractivity contribution in [2.75, 3.05) is 11.9 Å². The van der Waals surface area contributed by atoms with Crippen LogP contribution in [0.25, 0.3) is 0 Å². The second kappa shape index (κ2) is 19.2. The van der Waals surface area contributed by atoms with Crippen LogP contribution in [0.3, 0.4) is 0 Å². The molecule has 1 rings (SSSR count). The van der Waals surface area contributed by atoms with Gasteiger partial charge in [0.1, 0.15) is 0 Å². The van der Waals surface area contributed by atoms with Gasteiger partial charge in [0, 0.05) is 18.7 Å². The first-order chi connectivity index (χ1) is 16.0. The van der Waals surface area contributed by atoms with E-state index in [4.69, 9.17) is 9.84 Å². The molecule has 0 radical (unpaired) electrons. The fourth-order valence-electron chi connectivity index (χ4n) is 3.62. The second-order valence-electron chi connectivity index (χ2n) is 8.82. The van der Waals surface area contributed by atoms with Crippen LogP contribution < -0.4 is 5.32 Å². The Labute approximate surface area is 201 Å². The zero-order valence-corrected chi connectivity index (χ0v) is 20.8. The Hall–Kier alpha value is -2.30. The summed E-state index contributed by atoms with van der Waals surface area (Å²) in [5.41, 5.74) is 2.26. The number of ether oxygens (including phenoxy) is 1. The first-order valence-electron chi connectivity index (χ1n) is 12.9. The fraction of sp³-hybridized carbons (Fsp3) is 0.643. The largest absolute Gasteiger partial charge is 0.479 e. The zero-order valence-electron chi connectivity index (χ0n) is 20.8. The second-order valence-corrected chi connectivity index (χ2v) is 8.82.